The van der Waals surface area contributed by atoms with Gasteiger partial charge < -0.3 is 10.1 Å². The first-order valence-electron chi connectivity index (χ1n) is 6.00. The fourth-order valence-corrected chi connectivity index (χ4v) is 1.35. The Morgan fingerprint density at radius 1 is 1.44 bits per heavy atom. The fourth-order valence-electron chi connectivity index (χ4n) is 1.35. The lowest BCUT2D eigenvalue weighted by Gasteiger charge is -2.10. The Labute approximate surface area is 106 Å². The van der Waals surface area contributed by atoms with Crippen molar-refractivity contribution >= 4 is 17.6 Å². The van der Waals surface area contributed by atoms with Gasteiger partial charge in [0.2, 0.25) is 0 Å². The van der Waals surface area contributed by atoms with Gasteiger partial charge in [-0.05, 0) is 38.8 Å². The van der Waals surface area contributed by atoms with Crippen molar-refractivity contribution in [1.29, 1.82) is 0 Å². The van der Waals surface area contributed by atoms with Crippen molar-refractivity contribution in [3.05, 3.63) is 23.9 Å². The molecule has 1 aromatic rings. The van der Waals surface area contributed by atoms with Crippen LogP contribution in [0.1, 0.15) is 37.0 Å². The van der Waals surface area contributed by atoms with Gasteiger partial charge in [-0.3, -0.25) is 4.79 Å². The Balaban J connectivity index is 1.95. The number of rotatable bonds is 5. The predicted octanol–water partition coefficient (Wildman–Crippen LogP) is 1.79. The molecule has 0 saturated heterocycles. The molecule has 5 heteroatoms. The Hall–Kier alpha value is -1.91. The molecular weight excluding hydrogens is 232 g/mol. The summed E-state index contributed by atoms with van der Waals surface area (Å²) in [5.41, 5.74) is 0.351. The number of nitrogens with one attached hydrogen (secondary N) is 1. The summed E-state index contributed by atoms with van der Waals surface area (Å²) < 4.78 is 4.98. The molecule has 0 amide bonds. The van der Waals surface area contributed by atoms with Gasteiger partial charge in [0.25, 0.3) is 0 Å². The van der Waals surface area contributed by atoms with Gasteiger partial charge in [-0.25, -0.2) is 9.78 Å². The Kier molecular flexibility index (Phi) is 3.60. The number of ketones is 1. The van der Waals surface area contributed by atoms with E-state index in [-0.39, 0.29) is 5.78 Å². The first kappa shape index (κ1) is 12.5. The van der Waals surface area contributed by atoms with E-state index >= 15 is 0 Å². The number of Topliss-reactive ketones (excluding diaryl/α,β-unsaturated/α-hetero) is 1. The van der Waals surface area contributed by atoms with E-state index < -0.39 is 12.1 Å². The molecule has 0 unspecified atom stereocenters. The maximum atomic E-state index is 11.7. The summed E-state index contributed by atoms with van der Waals surface area (Å²) in [5.74, 6) is 0.0557. The number of esters is 1. The van der Waals surface area contributed by atoms with Crippen LogP contribution in [0.2, 0.25) is 0 Å². The average Bonchev–Trinajstić information content (AvgIpc) is 3.13. The lowest BCUT2D eigenvalue weighted by atomic mass is 10.2. The summed E-state index contributed by atoms with van der Waals surface area (Å²) in [7, 11) is 0. The second kappa shape index (κ2) is 5.16. The Morgan fingerprint density at radius 2 is 2.17 bits per heavy atom. The van der Waals surface area contributed by atoms with Gasteiger partial charge in [0.05, 0.1) is 5.56 Å². The minimum atomic E-state index is -0.721. The summed E-state index contributed by atoms with van der Waals surface area (Å²) in [5, 5.41) is 3.22. The summed E-state index contributed by atoms with van der Waals surface area (Å²) in [4.78, 5) is 26.8. The largest absolute Gasteiger partial charge is 0.451 e. The third-order valence-electron chi connectivity index (χ3n) is 2.78. The SMILES string of the molecule is CC(=O)[C@@H](C)OC(=O)c1ccc(NC2CC2)nc1. The minimum absolute atomic E-state index is 0.177. The molecule has 1 aromatic heterocycles. The van der Waals surface area contributed by atoms with Gasteiger partial charge in [-0.15, -0.1) is 0 Å². The van der Waals surface area contributed by atoms with E-state index in [0.29, 0.717) is 11.6 Å². The van der Waals surface area contributed by atoms with Gasteiger partial charge in [0.15, 0.2) is 11.9 Å². The van der Waals surface area contributed by atoms with Gasteiger partial charge in [-0.1, -0.05) is 0 Å². The predicted molar refractivity (Wildman–Crippen MR) is 66.4 cm³/mol. The number of aromatic nitrogens is 1. The molecule has 0 aromatic carbocycles. The summed E-state index contributed by atoms with van der Waals surface area (Å²) in [6.45, 7) is 2.94. The minimum Gasteiger partial charge on any atom is -0.451 e. The number of pyridine rings is 1. The van der Waals surface area contributed by atoms with E-state index in [9.17, 15) is 9.59 Å². The Morgan fingerprint density at radius 3 is 2.67 bits per heavy atom. The second-order valence-corrected chi connectivity index (χ2v) is 4.51. The van der Waals surface area contributed by atoms with Crippen LogP contribution in [-0.2, 0) is 9.53 Å². The third-order valence-corrected chi connectivity index (χ3v) is 2.78. The fraction of sp³-hybridized carbons (Fsp3) is 0.462. The van der Waals surface area contributed by atoms with Crippen LogP contribution >= 0.6 is 0 Å². The molecule has 1 aliphatic rings. The molecule has 2 rings (SSSR count). The molecule has 0 spiro atoms. The number of anilines is 1. The van der Waals surface area contributed by atoms with Crippen LogP contribution in [0.5, 0.6) is 0 Å². The molecule has 1 atom stereocenters. The van der Waals surface area contributed by atoms with Crippen molar-refractivity contribution < 1.29 is 14.3 Å². The van der Waals surface area contributed by atoms with Crippen LogP contribution in [-0.4, -0.2) is 28.9 Å². The highest BCUT2D eigenvalue weighted by Crippen LogP contribution is 2.23. The number of ether oxygens (including phenoxy) is 1. The van der Waals surface area contributed by atoms with Crippen LogP contribution in [0.15, 0.2) is 18.3 Å². The van der Waals surface area contributed by atoms with Gasteiger partial charge >= 0.3 is 5.97 Å². The normalized spacial score (nSPS) is 15.9. The van der Waals surface area contributed by atoms with E-state index in [1.165, 1.54) is 26.0 Å². The maximum absolute atomic E-state index is 11.7. The first-order valence-corrected chi connectivity index (χ1v) is 6.00. The van der Waals surface area contributed by atoms with Crippen LogP contribution < -0.4 is 5.32 Å². The van der Waals surface area contributed by atoms with Gasteiger partial charge in [0, 0.05) is 12.2 Å². The van der Waals surface area contributed by atoms with Gasteiger partial charge in [-0.2, -0.15) is 0 Å². The summed E-state index contributed by atoms with van der Waals surface area (Å²) in [6, 6.07) is 3.91. The zero-order chi connectivity index (χ0) is 13.1. The number of hydrogen-bond acceptors (Lipinski definition) is 5. The molecule has 5 nitrogen and oxygen atoms in total. The van der Waals surface area contributed by atoms with E-state index in [1.807, 2.05) is 0 Å². The molecule has 1 N–H and O–H groups in total. The Bertz CT molecular complexity index is 452. The van der Waals surface area contributed by atoms with Crippen LogP contribution in [0.4, 0.5) is 5.82 Å². The van der Waals surface area contributed by atoms with E-state index in [2.05, 4.69) is 10.3 Å². The van der Waals surface area contributed by atoms with Crippen molar-refractivity contribution in [1.82, 2.24) is 4.98 Å². The lowest BCUT2D eigenvalue weighted by molar-refractivity contribution is -0.124. The van der Waals surface area contributed by atoms with Crippen molar-refractivity contribution in [3.8, 4) is 0 Å². The molecule has 1 saturated carbocycles. The highest BCUT2D eigenvalue weighted by molar-refractivity contribution is 5.92. The van der Waals surface area contributed by atoms with E-state index in [0.717, 1.165) is 5.82 Å². The monoisotopic (exact) mass is 248 g/mol. The van der Waals surface area contributed by atoms with Crippen LogP contribution in [0.25, 0.3) is 0 Å². The van der Waals surface area contributed by atoms with Crippen molar-refractivity contribution in [2.24, 2.45) is 0 Å². The van der Waals surface area contributed by atoms with Crippen LogP contribution in [0, 0.1) is 0 Å². The summed E-state index contributed by atoms with van der Waals surface area (Å²) in [6.07, 6.45) is 3.07. The third kappa shape index (κ3) is 3.29. The van der Waals surface area contributed by atoms with Crippen molar-refractivity contribution in [2.75, 3.05) is 5.32 Å². The summed E-state index contributed by atoms with van der Waals surface area (Å²) >= 11 is 0. The molecule has 1 heterocycles. The molecule has 18 heavy (non-hydrogen) atoms. The molecule has 0 radical (unpaired) electrons. The highest BCUT2D eigenvalue weighted by atomic mass is 16.5. The number of hydrogen-bond donors (Lipinski definition) is 1. The first-order chi connectivity index (χ1) is 8.56. The van der Waals surface area contributed by atoms with E-state index in [1.54, 1.807) is 19.1 Å². The molecule has 1 aliphatic carbocycles. The molecule has 1 fully saturated rings. The quantitative estimate of drug-likeness (QED) is 0.804. The smallest absolute Gasteiger partial charge is 0.340 e. The highest BCUT2D eigenvalue weighted by Gasteiger charge is 2.21. The zero-order valence-electron chi connectivity index (χ0n) is 10.5. The van der Waals surface area contributed by atoms with Crippen molar-refractivity contribution in [3.63, 3.8) is 0 Å². The standard InChI is InChI=1S/C13H16N2O3/c1-8(16)9(2)18-13(17)10-3-6-12(14-7-10)15-11-4-5-11/h3,6-7,9,11H,4-5H2,1-2H3,(H,14,15)/t9-/m1/s1. The molecule has 96 valence electrons. The van der Waals surface area contributed by atoms with E-state index in [4.69, 9.17) is 4.74 Å². The maximum Gasteiger partial charge on any atom is 0.340 e. The molecule has 0 bridgehead atoms. The topological polar surface area (TPSA) is 68.3 Å². The average molecular weight is 248 g/mol. The van der Waals surface area contributed by atoms with Crippen LogP contribution in [0.3, 0.4) is 0 Å². The number of carbonyl (C=O) groups excluding carboxylic acids is 2. The van der Waals surface area contributed by atoms with Crippen molar-refractivity contribution in [2.45, 2.75) is 38.8 Å². The molecular formula is C13H16N2O3. The molecule has 0 aliphatic heterocycles. The number of nitrogens with zero attached hydrogens (tertiary/aromatic N) is 1. The second-order valence-electron chi connectivity index (χ2n) is 4.51. The van der Waals surface area contributed by atoms with Gasteiger partial charge in [0.1, 0.15) is 5.82 Å². The zero-order valence-corrected chi connectivity index (χ0v) is 10.5. The number of carbonyl (C=O) groups is 2. The lowest BCUT2D eigenvalue weighted by Crippen LogP contribution is -2.21.